The highest BCUT2D eigenvalue weighted by atomic mass is 32.2. The van der Waals surface area contributed by atoms with Crippen LogP contribution < -0.4 is 0 Å². The first-order chi connectivity index (χ1) is 5.02. The number of rotatable bonds is 5. The summed E-state index contributed by atoms with van der Waals surface area (Å²) < 4.78 is 31.0. The minimum atomic E-state index is -4.36. The average molecular weight is 183 g/mol. The third-order valence-electron chi connectivity index (χ3n) is 1.31. The molecule has 0 heterocycles. The molecule has 0 aliphatic heterocycles. The van der Waals surface area contributed by atoms with Crippen LogP contribution in [0.2, 0.25) is 0 Å². The maximum atomic E-state index is 10.3. The molecule has 2 N–H and O–H groups in total. The Labute approximate surface area is 65.4 Å². The van der Waals surface area contributed by atoms with Crippen LogP contribution in [0.1, 0.15) is 12.8 Å². The van der Waals surface area contributed by atoms with Crippen molar-refractivity contribution in [2.24, 2.45) is 0 Å². The summed E-state index contributed by atoms with van der Waals surface area (Å²) in [6.07, 6.45) is -0.210. The van der Waals surface area contributed by atoms with E-state index in [-0.39, 0.29) is 26.1 Å². The van der Waals surface area contributed by atoms with Gasteiger partial charge in [0, 0.05) is 13.2 Å². The van der Waals surface area contributed by atoms with Crippen LogP contribution in [0.4, 0.5) is 0 Å². The van der Waals surface area contributed by atoms with Gasteiger partial charge in [-0.25, -0.2) is 8.42 Å². The lowest BCUT2D eigenvalue weighted by atomic mass is 10.2. The highest BCUT2D eigenvalue weighted by Gasteiger charge is 2.14. The second-order valence-electron chi connectivity index (χ2n) is 2.14. The predicted octanol–water partition coefficient (Wildman–Crippen LogP) is -1.33. The van der Waals surface area contributed by atoms with E-state index in [4.69, 9.17) is 10.2 Å². The van der Waals surface area contributed by atoms with Gasteiger partial charge in [-0.15, -0.1) is 0 Å². The molecule has 0 aromatic rings. The van der Waals surface area contributed by atoms with Gasteiger partial charge in [0.05, 0.1) is 15.4 Å². The molecule has 0 aliphatic rings. The number of hydrogen-bond acceptors (Lipinski definition) is 5. The van der Waals surface area contributed by atoms with E-state index < -0.39 is 15.4 Å². The molecule has 11 heavy (non-hydrogen) atoms. The van der Waals surface area contributed by atoms with Crippen LogP contribution >= 0.6 is 0 Å². The number of hydrogen-bond donors (Lipinski definition) is 2. The highest BCUT2D eigenvalue weighted by molar-refractivity contribution is 7.86. The zero-order valence-corrected chi connectivity index (χ0v) is 6.75. The Balaban J connectivity index is 4.11. The predicted molar refractivity (Wildman–Crippen MR) is 36.9 cm³/mol. The van der Waals surface area contributed by atoms with Crippen molar-refractivity contribution < 1.29 is 23.2 Å². The van der Waals surface area contributed by atoms with E-state index in [0.29, 0.717) is 0 Å². The molecule has 0 saturated carbocycles. The first-order valence-electron chi connectivity index (χ1n) is 3.18. The van der Waals surface area contributed by atoms with Gasteiger partial charge in [-0.05, 0) is 12.8 Å². The molecule has 0 rings (SSSR count). The minimum absolute atomic E-state index is 0.105. The normalized spacial score (nSPS) is 12.4. The quantitative estimate of drug-likeness (QED) is 0.514. The van der Waals surface area contributed by atoms with Gasteiger partial charge in [-0.3, -0.25) is 0 Å². The summed E-state index contributed by atoms with van der Waals surface area (Å²) in [5, 5.41) is 15.5. The monoisotopic (exact) mass is 183 g/mol. The summed E-state index contributed by atoms with van der Waals surface area (Å²) in [7, 11) is -4.36. The van der Waals surface area contributed by atoms with E-state index in [1.807, 2.05) is 0 Å². The van der Waals surface area contributed by atoms with Crippen LogP contribution in [0.3, 0.4) is 0 Å². The van der Waals surface area contributed by atoms with E-state index in [2.05, 4.69) is 0 Å². The zero-order valence-electron chi connectivity index (χ0n) is 5.93. The third kappa shape index (κ3) is 4.31. The van der Waals surface area contributed by atoms with Crippen LogP contribution in [0, 0.1) is 0 Å². The van der Waals surface area contributed by atoms with E-state index >= 15 is 0 Å². The Morgan fingerprint density at radius 1 is 1.18 bits per heavy atom. The van der Waals surface area contributed by atoms with Gasteiger partial charge in [-0.1, -0.05) is 0 Å². The average Bonchev–Trinajstić information content (AvgIpc) is 1.85. The van der Waals surface area contributed by atoms with E-state index in [1.54, 1.807) is 0 Å². The van der Waals surface area contributed by atoms with Crippen LogP contribution in [0.15, 0.2) is 0 Å². The third-order valence-corrected chi connectivity index (χ3v) is 2.60. The molecule has 0 aliphatic carbocycles. The minimum Gasteiger partial charge on any atom is -0.748 e. The Morgan fingerprint density at radius 2 is 1.55 bits per heavy atom. The van der Waals surface area contributed by atoms with E-state index in [1.165, 1.54) is 0 Å². The van der Waals surface area contributed by atoms with Crippen molar-refractivity contribution in [2.45, 2.75) is 18.1 Å². The summed E-state index contributed by atoms with van der Waals surface area (Å²) in [5.74, 6) is 0. The van der Waals surface area contributed by atoms with Gasteiger partial charge in [0.25, 0.3) is 0 Å². The largest absolute Gasteiger partial charge is 0.748 e. The van der Waals surface area contributed by atoms with E-state index in [0.717, 1.165) is 0 Å². The SMILES string of the molecule is O=S(=O)([O-])C(CCO)CCO. The molecule has 0 amide bonds. The van der Waals surface area contributed by atoms with Crippen molar-refractivity contribution in [1.29, 1.82) is 0 Å². The first-order valence-corrected chi connectivity index (χ1v) is 4.66. The first kappa shape index (κ1) is 10.8. The van der Waals surface area contributed by atoms with Gasteiger partial charge < -0.3 is 14.8 Å². The fourth-order valence-corrected chi connectivity index (χ4v) is 1.51. The van der Waals surface area contributed by atoms with Crippen LogP contribution in [0.5, 0.6) is 0 Å². The topological polar surface area (TPSA) is 97.7 Å². The van der Waals surface area contributed by atoms with Crippen molar-refractivity contribution >= 4 is 10.1 Å². The Hall–Kier alpha value is -0.170. The summed E-state index contributed by atoms with van der Waals surface area (Å²) in [6.45, 7) is -0.710. The smallest absolute Gasteiger partial charge is 0.0977 e. The van der Waals surface area contributed by atoms with Crippen LogP contribution in [-0.4, -0.2) is 41.6 Å². The molecule has 0 aromatic heterocycles. The summed E-state index contributed by atoms with van der Waals surface area (Å²) in [5.41, 5.74) is 0. The maximum absolute atomic E-state index is 10.3. The fourth-order valence-electron chi connectivity index (χ4n) is 0.721. The Bertz CT molecular complexity index is 179. The Kier molecular flexibility index (Phi) is 4.58. The molecule has 6 heteroatoms. The van der Waals surface area contributed by atoms with Crippen molar-refractivity contribution in [1.82, 2.24) is 0 Å². The summed E-state index contributed by atoms with van der Waals surface area (Å²) in [6, 6.07) is 0. The van der Waals surface area contributed by atoms with Crippen molar-refractivity contribution in [3.05, 3.63) is 0 Å². The molecule has 0 bridgehead atoms. The molecule has 0 atom stereocenters. The highest BCUT2D eigenvalue weighted by Crippen LogP contribution is 2.07. The number of aliphatic hydroxyl groups is 2. The van der Waals surface area contributed by atoms with Gasteiger partial charge >= 0.3 is 0 Å². The van der Waals surface area contributed by atoms with E-state index in [9.17, 15) is 13.0 Å². The van der Waals surface area contributed by atoms with Gasteiger partial charge in [-0.2, -0.15) is 0 Å². The second-order valence-corrected chi connectivity index (χ2v) is 3.79. The summed E-state index contributed by atoms with van der Waals surface area (Å²) in [4.78, 5) is 0. The molecule has 0 saturated heterocycles. The molecule has 0 spiro atoms. The molecule has 5 nitrogen and oxygen atoms in total. The molecular weight excluding hydrogens is 172 g/mol. The lowest BCUT2D eigenvalue weighted by Crippen LogP contribution is -2.23. The summed E-state index contributed by atoms with van der Waals surface area (Å²) >= 11 is 0. The molecule has 68 valence electrons. The molecule has 0 fully saturated rings. The van der Waals surface area contributed by atoms with Crippen molar-refractivity contribution in [3.63, 3.8) is 0 Å². The standard InChI is InChI=1S/C5H12O5S/c6-3-1-5(2-4-7)11(8,9)10/h5-7H,1-4H2,(H,8,9,10)/p-1. The second kappa shape index (κ2) is 4.66. The van der Waals surface area contributed by atoms with Gasteiger partial charge in [0.15, 0.2) is 0 Å². The van der Waals surface area contributed by atoms with Gasteiger partial charge in [0.1, 0.15) is 0 Å². The molecule has 0 radical (unpaired) electrons. The number of aliphatic hydroxyl groups excluding tert-OH is 2. The zero-order chi connectivity index (χ0) is 8.91. The molecule has 0 aromatic carbocycles. The molecular formula is C5H11O5S-. The maximum Gasteiger partial charge on any atom is 0.0977 e. The van der Waals surface area contributed by atoms with Crippen LogP contribution in [0.25, 0.3) is 0 Å². The molecule has 0 unspecified atom stereocenters. The lowest BCUT2D eigenvalue weighted by molar-refractivity contribution is 0.253. The van der Waals surface area contributed by atoms with Crippen molar-refractivity contribution in [2.75, 3.05) is 13.2 Å². The Morgan fingerprint density at radius 3 is 1.73 bits per heavy atom. The lowest BCUT2D eigenvalue weighted by Gasteiger charge is -2.17. The van der Waals surface area contributed by atoms with Crippen LogP contribution in [-0.2, 0) is 10.1 Å². The van der Waals surface area contributed by atoms with Gasteiger partial charge in [0.2, 0.25) is 0 Å². The fraction of sp³-hybridized carbons (Fsp3) is 1.00. The van der Waals surface area contributed by atoms with Crippen molar-refractivity contribution in [3.8, 4) is 0 Å².